The molecule has 1 heteroatoms. The van der Waals surface area contributed by atoms with Gasteiger partial charge in [-0.15, -0.1) is 0 Å². The van der Waals surface area contributed by atoms with E-state index in [2.05, 4.69) is 44.2 Å². The highest BCUT2D eigenvalue weighted by atomic mass is 16.3. The Morgan fingerprint density at radius 1 is 1.28 bits per heavy atom. The Morgan fingerprint density at radius 3 is 2.61 bits per heavy atom. The van der Waals surface area contributed by atoms with E-state index in [4.69, 9.17) is 0 Å². The van der Waals surface area contributed by atoms with Crippen LogP contribution in [0, 0.1) is 11.3 Å². The van der Waals surface area contributed by atoms with Gasteiger partial charge < -0.3 is 5.11 Å². The molecule has 1 aromatic carbocycles. The number of aryl methyl sites for hydroxylation is 1. The maximum Gasteiger partial charge on any atom is 0.0573 e. The summed E-state index contributed by atoms with van der Waals surface area (Å²) in [4.78, 5) is 0. The summed E-state index contributed by atoms with van der Waals surface area (Å²) in [6.45, 7) is 4.62. The number of aliphatic hydroxyl groups is 1. The Hall–Kier alpha value is -0.820. The smallest absolute Gasteiger partial charge is 0.0573 e. The van der Waals surface area contributed by atoms with Crippen LogP contribution in [0.3, 0.4) is 0 Å². The van der Waals surface area contributed by atoms with Crippen molar-refractivity contribution in [3.63, 3.8) is 0 Å². The normalized spacial score (nSPS) is 24.1. The Labute approximate surface area is 111 Å². The van der Waals surface area contributed by atoms with Crippen LogP contribution in [0.2, 0.25) is 0 Å². The highest BCUT2D eigenvalue weighted by molar-refractivity contribution is 5.14. The van der Waals surface area contributed by atoms with E-state index >= 15 is 0 Å². The second-order valence-electron chi connectivity index (χ2n) is 6.43. The van der Waals surface area contributed by atoms with Gasteiger partial charge in [-0.25, -0.2) is 0 Å². The van der Waals surface area contributed by atoms with Gasteiger partial charge in [0.05, 0.1) is 6.10 Å². The van der Waals surface area contributed by atoms with Gasteiger partial charge in [0.1, 0.15) is 0 Å². The molecular weight excluding hydrogens is 220 g/mol. The van der Waals surface area contributed by atoms with Gasteiger partial charge in [0.15, 0.2) is 0 Å². The highest BCUT2D eigenvalue weighted by Crippen LogP contribution is 2.45. The van der Waals surface area contributed by atoms with Crippen LogP contribution in [0.25, 0.3) is 0 Å². The lowest BCUT2D eigenvalue weighted by Crippen LogP contribution is -2.29. The monoisotopic (exact) mass is 246 g/mol. The van der Waals surface area contributed by atoms with Gasteiger partial charge in [0.25, 0.3) is 0 Å². The molecule has 2 rings (SSSR count). The number of hydrogen-bond acceptors (Lipinski definition) is 1. The van der Waals surface area contributed by atoms with Gasteiger partial charge in [-0.2, -0.15) is 0 Å². The fourth-order valence-corrected chi connectivity index (χ4v) is 3.43. The molecule has 1 aliphatic rings. The molecule has 1 nitrogen and oxygen atoms in total. The standard InChI is InChI=1S/C17H26O/c1-17(2)13-7-11-15(17)16(18)12-6-10-14-8-4-3-5-9-14/h3-5,8-9,15-16,18H,6-7,10-13H2,1-2H3. The summed E-state index contributed by atoms with van der Waals surface area (Å²) in [5.74, 6) is 0.508. The van der Waals surface area contributed by atoms with Crippen molar-refractivity contribution in [2.75, 3.05) is 0 Å². The quantitative estimate of drug-likeness (QED) is 0.825. The molecule has 0 spiro atoms. The molecule has 2 unspecified atom stereocenters. The van der Waals surface area contributed by atoms with Gasteiger partial charge >= 0.3 is 0 Å². The summed E-state index contributed by atoms with van der Waals surface area (Å²) < 4.78 is 0. The van der Waals surface area contributed by atoms with Crippen LogP contribution in [0.15, 0.2) is 30.3 Å². The topological polar surface area (TPSA) is 20.2 Å². The molecule has 18 heavy (non-hydrogen) atoms. The average Bonchev–Trinajstić information content (AvgIpc) is 2.70. The summed E-state index contributed by atoms with van der Waals surface area (Å²) in [5.41, 5.74) is 1.72. The number of aliphatic hydroxyl groups excluding tert-OH is 1. The first-order chi connectivity index (χ1) is 8.59. The molecule has 1 fully saturated rings. The van der Waals surface area contributed by atoms with E-state index in [0.29, 0.717) is 11.3 Å². The third kappa shape index (κ3) is 3.35. The Balaban J connectivity index is 1.77. The Kier molecular flexibility index (Phi) is 4.45. The molecule has 0 aliphatic heterocycles. The molecular formula is C17H26O. The minimum atomic E-state index is -0.105. The van der Waals surface area contributed by atoms with E-state index in [-0.39, 0.29) is 6.10 Å². The van der Waals surface area contributed by atoms with E-state index in [0.717, 1.165) is 19.3 Å². The van der Waals surface area contributed by atoms with Crippen LogP contribution in [0.4, 0.5) is 0 Å². The maximum absolute atomic E-state index is 10.4. The third-order valence-corrected chi connectivity index (χ3v) is 4.61. The number of hydrogen-bond donors (Lipinski definition) is 1. The molecule has 1 aliphatic carbocycles. The lowest BCUT2D eigenvalue weighted by Gasteiger charge is -2.31. The van der Waals surface area contributed by atoms with Crippen LogP contribution in [0.1, 0.15) is 51.5 Å². The van der Waals surface area contributed by atoms with E-state index in [1.165, 1.54) is 24.8 Å². The predicted molar refractivity (Wildman–Crippen MR) is 76.5 cm³/mol. The lowest BCUT2D eigenvalue weighted by atomic mass is 9.77. The SMILES string of the molecule is CC1(C)CCCC1C(O)CCCc1ccccc1. The van der Waals surface area contributed by atoms with Gasteiger partial charge in [-0.1, -0.05) is 50.6 Å². The Morgan fingerprint density at radius 2 is 2.00 bits per heavy atom. The van der Waals surface area contributed by atoms with Gasteiger partial charge in [-0.05, 0) is 49.0 Å². The zero-order chi connectivity index (χ0) is 13.0. The summed E-state index contributed by atoms with van der Waals surface area (Å²) in [5, 5.41) is 10.4. The van der Waals surface area contributed by atoms with Crippen molar-refractivity contribution in [1.29, 1.82) is 0 Å². The van der Waals surface area contributed by atoms with Crippen molar-refractivity contribution in [2.24, 2.45) is 11.3 Å². The van der Waals surface area contributed by atoms with E-state index < -0.39 is 0 Å². The maximum atomic E-state index is 10.4. The van der Waals surface area contributed by atoms with Crippen LogP contribution >= 0.6 is 0 Å². The molecule has 0 saturated heterocycles. The zero-order valence-electron chi connectivity index (χ0n) is 11.7. The van der Waals surface area contributed by atoms with Crippen LogP contribution in [-0.4, -0.2) is 11.2 Å². The van der Waals surface area contributed by atoms with E-state index in [1.54, 1.807) is 0 Å². The molecule has 1 aromatic rings. The third-order valence-electron chi connectivity index (χ3n) is 4.61. The van der Waals surface area contributed by atoms with Crippen molar-refractivity contribution >= 4 is 0 Å². The molecule has 0 aromatic heterocycles. The van der Waals surface area contributed by atoms with Crippen LogP contribution in [0.5, 0.6) is 0 Å². The fraction of sp³-hybridized carbons (Fsp3) is 0.647. The van der Waals surface area contributed by atoms with Gasteiger partial charge in [-0.3, -0.25) is 0 Å². The van der Waals surface area contributed by atoms with Gasteiger partial charge in [0, 0.05) is 0 Å². The molecule has 0 bridgehead atoms. The Bertz CT molecular complexity index is 355. The summed E-state index contributed by atoms with van der Waals surface area (Å²) in [7, 11) is 0. The van der Waals surface area contributed by atoms with Crippen LogP contribution in [-0.2, 0) is 6.42 Å². The van der Waals surface area contributed by atoms with E-state index in [9.17, 15) is 5.11 Å². The largest absolute Gasteiger partial charge is 0.393 e. The summed E-state index contributed by atoms with van der Waals surface area (Å²) >= 11 is 0. The molecule has 1 saturated carbocycles. The molecule has 2 atom stereocenters. The molecule has 1 N–H and O–H groups in total. The average molecular weight is 246 g/mol. The second-order valence-corrected chi connectivity index (χ2v) is 6.43. The fourth-order valence-electron chi connectivity index (χ4n) is 3.43. The van der Waals surface area contributed by atoms with Crippen LogP contribution < -0.4 is 0 Å². The van der Waals surface area contributed by atoms with Crippen molar-refractivity contribution < 1.29 is 5.11 Å². The summed E-state index contributed by atoms with van der Waals surface area (Å²) in [6, 6.07) is 10.6. The molecule has 0 heterocycles. The minimum Gasteiger partial charge on any atom is -0.393 e. The highest BCUT2D eigenvalue weighted by Gasteiger charge is 2.38. The summed E-state index contributed by atoms with van der Waals surface area (Å²) in [6.07, 6.45) is 6.79. The van der Waals surface area contributed by atoms with Crippen molar-refractivity contribution in [3.8, 4) is 0 Å². The van der Waals surface area contributed by atoms with Crippen molar-refractivity contribution in [1.82, 2.24) is 0 Å². The first-order valence-corrected chi connectivity index (χ1v) is 7.31. The number of rotatable bonds is 5. The van der Waals surface area contributed by atoms with Gasteiger partial charge in [0.2, 0.25) is 0 Å². The molecule has 0 amide bonds. The minimum absolute atomic E-state index is 0.105. The first kappa shape index (κ1) is 13.6. The predicted octanol–water partition coefficient (Wildman–Crippen LogP) is 4.20. The first-order valence-electron chi connectivity index (χ1n) is 7.31. The second kappa shape index (κ2) is 5.88. The molecule has 0 radical (unpaired) electrons. The zero-order valence-corrected chi connectivity index (χ0v) is 11.7. The number of benzene rings is 1. The van der Waals surface area contributed by atoms with Crippen molar-refractivity contribution in [3.05, 3.63) is 35.9 Å². The molecule has 100 valence electrons. The van der Waals surface area contributed by atoms with Crippen molar-refractivity contribution in [2.45, 2.75) is 58.5 Å². The lowest BCUT2D eigenvalue weighted by molar-refractivity contribution is 0.0461. The van der Waals surface area contributed by atoms with E-state index in [1.807, 2.05) is 0 Å².